The van der Waals surface area contributed by atoms with E-state index >= 15 is 0 Å². The molecular weight excluding hydrogens is 253 g/mol. The maximum Gasteiger partial charge on any atom is 0.305 e. The van der Waals surface area contributed by atoms with Crippen molar-refractivity contribution in [2.24, 2.45) is 5.73 Å². The maximum absolute atomic E-state index is 13.0. The predicted molar refractivity (Wildman–Crippen MR) is 53.3 cm³/mol. The molecule has 5 heteroatoms. The SMILES string of the molecule is N[C@H](CC(=O)O)c1ccc(Br)c(F)c1. The molecule has 3 N–H and O–H groups in total. The van der Waals surface area contributed by atoms with E-state index in [4.69, 9.17) is 10.8 Å². The Balaban J connectivity index is 2.85. The second-order valence-electron chi connectivity index (χ2n) is 2.88. The van der Waals surface area contributed by atoms with Gasteiger partial charge < -0.3 is 10.8 Å². The van der Waals surface area contributed by atoms with E-state index in [1.807, 2.05) is 0 Å². The lowest BCUT2D eigenvalue weighted by molar-refractivity contribution is -0.137. The molecule has 0 amide bonds. The van der Waals surface area contributed by atoms with E-state index in [9.17, 15) is 9.18 Å². The molecule has 0 radical (unpaired) electrons. The average Bonchev–Trinajstić information content (AvgIpc) is 2.08. The van der Waals surface area contributed by atoms with Crippen molar-refractivity contribution in [1.29, 1.82) is 0 Å². The molecule has 76 valence electrons. The van der Waals surface area contributed by atoms with Crippen molar-refractivity contribution in [3.8, 4) is 0 Å². The van der Waals surface area contributed by atoms with E-state index < -0.39 is 17.8 Å². The predicted octanol–water partition coefficient (Wildman–Crippen LogP) is 2.06. The summed E-state index contributed by atoms with van der Waals surface area (Å²) in [7, 11) is 0. The highest BCUT2D eigenvalue weighted by Gasteiger charge is 2.11. The Hall–Kier alpha value is -0.940. The monoisotopic (exact) mass is 261 g/mol. The molecule has 0 bridgehead atoms. The zero-order valence-electron chi connectivity index (χ0n) is 7.21. The molecule has 0 spiro atoms. The first-order valence-electron chi connectivity index (χ1n) is 3.93. The molecule has 0 aromatic heterocycles. The summed E-state index contributed by atoms with van der Waals surface area (Å²) in [5, 5.41) is 8.49. The molecule has 0 unspecified atom stereocenters. The van der Waals surface area contributed by atoms with Crippen molar-refractivity contribution in [3.63, 3.8) is 0 Å². The number of halogens is 2. The summed E-state index contributed by atoms with van der Waals surface area (Å²) >= 11 is 3.00. The summed E-state index contributed by atoms with van der Waals surface area (Å²) in [6.07, 6.45) is -0.207. The number of rotatable bonds is 3. The minimum Gasteiger partial charge on any atom is -0.481 e. The molecule has 0 heterocycles. The standard InChI is InChI=1S/C9H9BrFNO2/c10-6-2-1-5(3-7(6)11)8(12)4-9(13)14/h1-3,8H,4,12H2,(H,13,14)/t8-/m1/s1. The minimum atomic E-state index is -0.999. The lowest BCUT2D eigenvalue weighted by Crippen LogP contribution is -2.15. The molecule has 1 aromatic carbocycles. The van der Waals surface area contributed by atoms with Crippen LogP contribution in [0.2, 0.25) is 0 Å². The van der Waals surface area contributed by atoms with Gasteiger partial charge in [-0.1, -0.05) is 6.07 Å². The van der Waals surface area contributed by atoms with Gasteiger partial charge in [0, 0.05) is 6.04 Å². The van der Waals surface area contributed by atoms with Crippen molar-refractivity contribution in [3.05, 3.63) is 34.1 Å². The van der Waals surface area contributed by atoms with E-state index in [-0.39, 0.29) is 6.42 Å². The highest BCUT2D eigenvalue weighted by molar-refractivity contribution is 9.10. The lowest BCUT2D eigenvalue weighted by Gasteiger charge is -2.09. The van der Waals surface area contributed by atoms with Gasteiger partial charge in [0.2, 0.25) is 0 Å². The van der Waals surface area contributed by atoms with Gasteiger partial charge >= 0.3 is 5.97 Å². The molecule has 14 heavy (non-hydrogen) atoms. The van der Waals surface area contributed by atoms with Crippen LogP contribution in [0.3, 0.4) is 0 Å². The molecule has 3 nitrogen and oxygen atoms in total. The lowest BCUT2D eigenvalue weighted by atomic mass is 10.1. The molecular formula is C9H9BrFNO2. The second-order valence-corrected chi connectivity index (χ2v) is 3.73. The molecule has 0 saturated carbocycles. The van der Waals surface area contributed by atoms with Gasteiger partial charge in [0.25, 0.3) is 0 Å². The first kappa shape index (κ1) is 11.1. The number of carbonyl (C=O) groups is 1. The largest absolute Gasteiger partial charge is 0.481 e. The average molecular weight is 262 g/mol. The van der Waals surface area contributed by atoms with E-state index in [1.165, 1.54) is 12.1 Å². The minimum absolute atomic E-state index is 0.207. The summed E-state index contributed by atoms with van der Waals surface area (Å²) in [6.45, 7) is 0. The van der Waals surface area contributed by atoms with Gasteiger partial charge in [-0.05, 0) is 33.6 Å². The van der Waals surface area contributed by atoms with Crippen LogP contribution in [0.4, 0.5) is 4.39 Å². The Morgan fingerprint density at radius 3 is 2.79 bits per heavy atom. The summed E-state index contributed by atoms with van der Waals surface area (Å²) in [4.78, 5) is 10.4. The van der Waals surface area contributed by atoms with Crippen LogP contribution in [0.5, 0.6) is 0 Å². The quantitative estimate of drug-likeness (QED) is 0.876. The van der Waals surface area contributed by atoms with Crippen molar-refractivity contribution < 1.29 is 14.3 Å². The normalized spacial score (nSPS) is 12.5. The number of nitrogens with two attached hydrogens (primary N) is 1. The highest BCUT2D eigenvalue weighted by atomic mass is 79.9. The van der Waals surface area contributed by atoms with Gasteiger partial charge in [0.1, 0.15) is 5.82 Å². The van der Waals surface area contributed by atoms with Gasteiger partial charge in [0.05, 0.1) is 10.9 Å². The van der Waals surface area contributed by atoms with Gasteiger partial charge in [0.15, 0.2) is 0 Å². The number of hydrogen-bond acceptors (Lipinski definition) is 2. The Labute approximate surface area is 88.9 Å². The van der Waals surface area contributed by atoms with E-state index in [0.29, 0.717) is 10.0 Å². The van der Waals surface area contributed by atoms with Gasteiger partial charge in [-0.25, -0.2) is 4.39 Å². The number of hydrogen-bond donors (Lipinski definition) is 2. The van der Waals surface area contributed by atoms with Crippen LogP contribution in [0.1, 0.15) is 18.0 Å². The van der Waals surface area contributed by atoms with Gasteiger partial charge in [-0.15, -0.1) is 0 Å². The van der Waals surface area contributed by atoms with Crippen molar-refractivity contribution in [1.82, 2.24) is 0 Å². The molecule has 0 saturated heterocycles. The van der Waals surface area contributed by atoms with Crippen LogP contribution in [-0.4, -0.2) is 11.1 Å². The first-order chi connectivity index (χ1) is 6.50. The Kier molecular flexibility index (Phi) is 3.60. The topological polar surface area (TPSA) is 63.3 Å². The number of aliphatic carboxylic acids is 1. The zero-order chi connectivity index (χ0) is 10.7. The van der Waals surface area contributed by atoms with Crippen molar-refractivity contribution in [2.75, 3.05) is 0 Å². The number of carboxylic acid groups (broad SMARTS) is 1. The second kappa shape index (κ2) is 4.52. The fourth-order valence-corrected chi connectivity index (χ4v) is 1.30. The Bertz CT molecular complexity index is 357. The van der Waals surface area contributed by atoms with Crippen LogP contribution in [0, 0.1) is 5.82 Å². The van der Waals surface area contributed by atoms with E-state index in [0.717, 1.165) is 0 Å². The molecule has 1 rings (SSSR count). The van der Waals surface area contributed by atoms with Crippen LogP contribution in [-0.2, 0) is 4.79 Å². The van der Waals surface area contributed by atoms with Crippen LogP contribution < -0.4 is 5.73 Å². The highest BCUT2D eigenvalue weighted by Crippen LogP contribution is 2.21. The molecule has 0 fully saturated rings. The molecule has 0 aliphatic carbocycles. The fraction of sp³-hybridized carbons (Fsp3) is 0.222. The third kappa shape index (κ3) is 2.78. The molecule has 0 aliphatic rings. The smallest absolute Gasteiger partial charge is 0.305 e. The molecule has 1 atom stereocenters. The Morgan fingerprint density at radius 2 is 2.29 bits per heavy atom. The van der Waals surface area contributed by atoms with Crippen LogP contribution >= 0.6 is 15.9 Å². The van der Waals surface area contributed by atoms with Crippen molar-refractivity contribution >= 4 is 21.9 Å². The maximum atomic E-state index is 13.0. The van der Waals surface area contributed by atoms with Gasteiger partial charge in [-0.3, -0.25) is 4.79 Å². The number of carboxylic acids is 1. The van der Waals surface area contributed by atoms with Crippen LogP contribution in [0.15, 0.2) is 22.7 Å². The number of benzene rings is 1. The summed E-state index contributed by atoms with van der Waals surface area (Å²) in [5.41, 5.74) is 6.03. The third-order valence-electron chi connectivity index (χ3n) is 1.77. The molecule has 0 aliphatic heterocycles. The first-order valence-corrected chi connectivity index (χ1v) is 4.72. The fourth-order valence-electron chi connectivity index (χ4n) is 1.05. The van der Waals surface area contributed by atoms with E-state index in [2.05, 4.69) is 15.9 Å². The molecule has 1 aromatic rings. The summed E-state index contributed by atoms with van der Waals surface area (Å²) in [5.74, 6) is -1.44. The zero-order valence-corrected chi connectivity index (χ0v) is 8.79. The van der Waals surface area contributed by atoms with E-state index in [1.54, 1.807) is 6.07 Å². The third-order valence-corrected chi connectivity index (χ3v) is 2.41. The van der Waals surface area contributed by atoms with Gasteiger partial charge in [-0.2, -0.15) is 0 Å². The summed E-state index contributed by atoms with van der Waals surface area (Å²) in [6, 6.07) is 3.67. The summed E-state index contributed by atoms with van der Waals surface area (Å²) < 4.78 is 13.4. The Morgan fingerprint density at radius 1 is 1.64 bits per heavy atom. The van der Waals surface area contributed by atoms with Crippen LogP contribution in [0.25, 0.3) is 0 Å². The van der Waals surface area contributed by atoms with Crippen molar-refractivity contribution in [2.45, 2.75) is 12.5 Å².